The van der Waals surface area contributed by atoms with E-state index in [2.05, 4.69) is 40.3 Å². The van der Waals surface area contributed by atoms with Crippen LogP contribution in [0.5, 0.6) is 0 Å². The van der Waals surface area contributed by atoms with Gasteiger partial charge in [-0.25, -0.2) is 4.98 Å². The van der Waals surface area contributed by atoms with E-state index in [9.17, 15) is 0 Å². The van der Waals surface area contributed by atoms with Crippen LogP contribution >= 0.6 is 11.3 Å². The lowest BCUT2D eigenvalue weighted by molar-refractivity contribution is 0.818. The van der Waals surface area contributed by atoms with E-state index in [1.807, 2.05) is 17.8 Å². The van der Waals surface area contributed by atoms with Gasteiger partial charge in [0.25, 0.3) is 0 Å². The minimum absolute atomic E-state index is 0.898. The molecule has 3 heterocycles. The fourth-order valence-electron chi connectivity index (χ4n) is 2.76. The Balaban J connectivity index is 1.75. The molecule has 0 atom stereocenters. The summed E-state index contributed by atoms with van der Waals surface area (Å²) in [6.45, 7) is 0.898. The van der Waals surface area contributed by atoms with Crippen molar-refractivity contribution in [2.75, 3.05) is 6.54 Å². The van der Waals surface area contributed by atoms with Crippen LogP contribution in [-0.4, -0.2) is 22.2 Å². The first-order valence-electron chi connectivity index (χ1n) is 7.39. The number of hydrogen-bond donors (Lipinski definition) is 0. The van der Waals surface area contributed by atoms with Gasteiger partial charge in [0, 0.05) is 24.5 Å². The van der Waals surface area contributed by atoms with Crippen molar-refractivity contribution >= 4 is 33.3 Å². The van der Waals surface area contributed by atoms with E-state index < -0.39 is 0 Å². The summed E-state index contributed by atoms with van der Waals surface area (Å²) in [5.74, 6) is 0. The van der Waals surface area contributed by atoms with E-state index in [-0.39, 0.29) is 0 Å². The molecule has 4 rings (SSSR count). The Morgan fingerprint density at radius 3 is 3.09 bits per heavy atom. The van der Waals surface area contributed by atoms with Crippen molar-refractivity contribution in [1.82, 2.24) is 9.97 Å². The summed E-state index contributed by atoms with van der Waals surface area (Å²) < 4.78 is 1.23. The van der Waals surface area contributed by atoms with Crippen molar-refractivity contribution in [2.45, 2.75) is 12.8 Å². The minimum Gasteiger partial charge on any atom is -0.284 e. The van der Waals surface area contributed by atoms with Gasteiger partial charge in [-0.3, -0.25) is 9.98 Å². The van der Waals surface area contributed by atoms with Crippen LogP contribution < -0.4 is 0 Å². The monoisotopic (exact) mass is 305 g/mol. The molecule has 0 fully saturated rings. The number of aliphatic imine (C=N–C) groups is 1. The second-order valence-corrected chi connectivity index (χ2v) is 6.21. The molecule has 0 amide bonds. The highest BCUT2D eigenvalue weighted by Crippen LogP contribution is 2.24. The molecular formula is C18H15N3S. The zero-order valence-corrected chi connectivity index (χ0v) is 12.9. The quantitative estimate of drug-likeness (QED) is 0.705. The Morgan fingerprint density at radius 2 is 2.18 bits per heavy atom. The molecule has 0 radical (unpaired) electrons. The number of pyridine rings is 1. The van der Waals surface area contributed by atoms with Gasteiger partial charge in [0.15, 0.2) is 0 Å². The van der Waals surface area contributed by atoms with Crippen molar-refractivity contribution in [2.24, 2.45) is 4.99 Å². The number of aromatic nitrogens is 2. The number of fused-ring (bicyclic) bond motifs is 1. The first-order chi connectivity index (χ1) is 10.9. The number of hydrogen-bond acceptors (Lipinski definition) is 4. The predicted octanol–water partition coefficient (Wildman–Crippen LogP) is 4.36. The average Bonchev–Trinajstić information content (AvgIpc) is 3.04. The molecule has 1 aromatic carbocycles. The van der Waals surface area contributed by atoms with Crippen molar-refractivity contribution in [3.8, 4) is 0 Å². The largest absolute Gasteiger partial charge is 0.284 e. The van der Waals surface area contributed by atoms with E-state index in [0.29, 0.717) is 0 Å². The van der Waals surface area contributed by atoms with Crippen LogP contribution in [0.1, 0.15) is 24.0 Å². The van der Waals surface area contributed by atoms with Crippen LogP contribution in [-0.2, 0) is 0 Å². The highest BCUT2D eigenvalue weighted by atomic mass is 32.1. The highest BCUT2D eigenvalue weighted by Gasteiger charge is 2.14. The molecule has 0 unspecified atom stereocenters. The Kier molecular flexibility index (Phi) is 3.52. The van der Waals surface area contributed by atoms with Gasteiger partial charge in [0.1, 0.15) is 0 Å². The van der Waals surface area contributed by atoms with E-state index in [1.54, 1.807) is 17.5 Å². The molecule has 1 aliphatic heterocycles. The second kappa shape index (κ2) is 5.81. The fraction of sp³-hybridized carbons (Fsp3) is 0.167. The summed E-state index contributed by atoms with van der Waals surface area (Å²) in [4.78, 5) is 13.3. The van der Waals surface area contributed by atoms with Crippen LogP contribution in [0.15, 0.2) is 58.8 Å². The van der Waals surface area contributed by atoms with E-state index in [4.69, 9.17) is 4.99 Å². The van der Waals surface area contributed by atoms with E-state index >= 15 is 0 Å². The Morgan fingerprint density at radius 1 is 1.18 bits per heavy atom. The first-order valence-corrected chi connectivity index (χ1v) is 8.27. The highest BCUT2D eigenvalue weighted by molar-refractivity contribution is 7.16. The van der Waals surface area contributed by atoms with Crippen molar-refractivity contribution in [3.63, 3.8) is 0 Å². The predicted molar refractivity (Wildman–Crippen MR) is 92.5 cm³/mol. The van der Waals surface area contributed by atoms with Gasteiger partial charge in [-0.15, -0.1) is 11.3 Å². The summed E-state index contributed by atoms with van der Waals surface area (Å²) in [5, 5.41) is 0. The molecule has 108 valence electrons. The third kappa shape index (κ3) is 2.57. The minimum atomic E-state index is 0.898. The molecule has 22 heavy (non-hydrogen) atoms. The number of benzene rings is 1. The molecule has 0 N–H and O–H groups in total. The number of allylic oxidation sites excluding steroid dienone is 1. The molecular weight excluding hydrogens is 290 g/mol. The van der Waals surface area contributed by atoms with Gasteiger partial charge in [0.2, 0.25) is 0 Å². The lowest BCUT2D eigenvalue weighted by Gasteiger charge is -2.16. The number of rotatable bonds is 2. The molecule has 0 aliphatic carbocycles. The second-order valence-electron chi connectivity index (χ2n) is 5.32. The molecule has 2 aromatic heterocycles. The third-order valence-corrected chi connectivity index (χ3v) is 4.60. The van der Waals surface area contributed by atoms with E-state index in [1.165, 1.54) is 15.8 Å². The van der Waals surface area contributed by atoms with Crippen LogP contribution in [0.3, 0.4) is 0 Å². The van der Waals surface area contributed by atoms with Crippen LogP contribution in [0.25, 0.3) is 16.3 Å². The Bertz CT molecular complexity index is 862. The SMILES string of the molecule is C(=C1CCCN=C1c1cccnc1)c1ccc2ncsc2c1. The normalized spacial score (nSPS) is 16.9. The standard InChI is InChI=1S/C18H15N3S/c1-4-15(11-19-7-1)18-14(3-2-8-20-18)9-13-5-6-16-17(10-13)22-12-21-16/h1,4-7,9-12H,2-3,8H2. The molecule has 3 nitrogen and oxygen atoms in total. The summed E-state index contributed by atoms with van der Waals surface area (Å²) in [6, 6.07) is 10.5. The summed E-state index contributed by atoms with van der Waals surface area (Å²) >= 11 is 1.68. The van der Waals surface area contributed by atoms with Gasteiger partial charge in [0.05, 0.1) is 21.4 Å². The van der Waals surface area contributed by atoms with Gasteiger partial charge >= 0.3 is 0 Å². The zero-order valence-electron chi connectivity index (χ0n) is 12.1. The molecule has 0 saturated carbocycles. The molecule has 0 saturated heterocycles. The van der Waals surface area contributed by atoms with Gasteiger partial charge in [-0.05, 0) is 54.3 Å². The lowest BCUT2D eigenvalue weighted by atomic mass is 9.95. The fourth-order valence-corrected chi connectivity index (χ4v) is 3.49. The molecule has 0 bridgehead atoms. The maximum absolute atomic E-state index is 4.73. The van der Waals surface area contributed by atoms with Gasteiger partial charge < -0.3 is 0 Å². The summed E-state index contributed by atoms with van der Waals surface area (Å²) in [5.41, 5.74) is 7.66. The summed E-state index contributed by atoms with van der Waals surface area (Å²) in [6.07, 6.45) is 8.12. The first kappa shape index (κ1) is 13.3. The Hall–Kier alpha value is -2.33. The van der Waals surface area contributed by atoms with Crippen LogP contribution in [0, 0.1) is 0 Å². The van der Waals surface area contributed by atoms with Gasteiger partial charge in [-0.2, -0.15) is 0 Å². The van der Waals surface area contributed by atoms with Crippen molar-refractivity contribution in [1.29, 1.82) is 0 Å². The average molecular weight is 305 g/mol. The molecule has 4 heteroatoms. The van der Waals surface area contributed by atoms with E-state index in [0.717, 1.165) is 36.2 Å². The van der Waals surface area contributed by atoms with Gasteiger partial charge in [-0.1, -0.05) is 6.07 Å². The molecule has 1 aliphatic rings. The number of nitrogens with zero attached hydrogens (tertiary/aromatic N) is 3. The smallest absolute Gasteiger partial charge is 0.0812 e. The maximum Gasteiger partial charge on any atom is 0.0812 e. The zero-order chi connectivity index (χ0) is 14.8. The molecule has 3 aromatic rings. The Labute approximate surface area is 133 Å². The maximum atomic E-state index is 4.73. The topological polar surface area (TPSA) is 38.1 Å². The molecule has 0 spiro atoms. The van der Waals surface area contributed by atoms with Crippen LogP contribution in [0.4, 0.5) is 0 Å². The van der Waals surface area contributed by atoms with Crippen molar-refractivity contribution in [3.05, 3.63) is 64.9 Å². The lowest BCUT2D eigenvalue weighted by Crippen LogP contribution is -2.11. The third-order valence-electron chi connectivity index (χ3n) is 3.81. The summed E-state index contributed by atoms with van der Waals surface area (Å²) in [7, 11) is 0. The van der Waals surface area contributed by atoms with Crippen LogP contribution in [0.2, 0.25) is 0 Å². The number of thiazole rings is 1. The van der Waals surface area contributed by atoms with Crippen molar-refractivity contribution < 1.29 is 0 Å².